The quantitative estimate of drug-likeness (QED) is 0.640. The van der Waals surface area contributed by atoms with Gasteiger partial charge in [-0.1, -0.05) is 0 Å². The number of ether oxygens (including phenoxy) is 1. The van der Waals surface area contributed by atoms with Crippen LogP contribution in [0.5, 0.6) is 0 Å². The molecule has 6 heteroatoms. The number of Topliss-reactive ketones (excluding diaryl/α,β-unsaturated/α-hetero) is 1. The molecule has 0 fully saturated rings. The fourth-order valence-electron chi connectivity index (χ4n) is 2.18. The second-order valence-electron chi connectivity index (χ2n) is 5.10. The third-order valence-electron chi connectivity index (χ3n) is 3.32. The average Bonchev–Trinajstić information content (AvgIpc) is 2.46. The monoisotopic (exact) mass is 318 g/mol. The molecule has 0 saturated carbocycles. The highest BCUT2D eigenvalue weighted by Gasteiger charge is 2.23. The van der Waals surface area contributed by atoms with E-state index < -0.39 is 29.3 Å². The fraction of sp³-hybridized carbons (Fsp3) is 0.235. The van der Waals surface area contributed by atoms with Crippen molar-refractivity contribution in [2.75, 3.05) is 0 Å². The van der Waals surface area contributed by atoms with Crippen molar-refractivity contribution in [2.24, 2.45) is 0 Å². The van der Waals surface area contributed by atoms with Gasteiger partial charge in [0.25, 0.3) is 0 Å². The summed E-state index contributed by atoms with van der Waals surface area (Å²) in [4.78, 5) is 35.6. The van der Waals surface area contributed by atoms with Crippen LogP contribution in [-0.4, -0.2) is 17.9 Å². The van der Waals surface area contributed by atoms with Crippen LogP contribution in [0.15, 0.2) is 39.5 Å². The Morgan fingerprint density at radius 3 is 2.35 bits per heavy atom. The Labute approximate surface area is 131 Å². The van der Waals surface area contributed by atoms with Gasteiger partial charge in [-0.2, -0.15) is 0 Å². The minimum absolute atomic E-state index is 0.114. The van der Waals surface area contributed by atoms with Gasteiger partial charge in [0, 0.05) is 11.6 Å². The van der Waals surface area contributed by atoms with Crippen molar-refractivity contribution in [1.82, 2.24) is 0 Å². The third kappa shape index (κ3) is 3.71. The van der Waals surface area contributed by atoms with Gasteiger partial charge in [-0.05, 0) is 50.6 Å². The molecule has 2 aromatic rings. The predicted molar refractivity (Wildman–Crippen MR) is 80.1 cm³/mol. The maximum atomic E-state index is 12.9. The zero-order chi connectivity index (χ0) is 17.1. The zero-order valence-electron chi connectivity index (χ0n) is 12.9. The standard InChI is InChI=1S/C17H15FO5/c1-9-8-14(19)22-10(2)15(9)17(21)23-11(3)16(20)12-4-6-13(18)7-5-12/h4-8,11H,1-3H3/t11-/m0/s1. The molecule has 5 nitrogen and oxygen atoms in total. The van der Waals surface area contributed by atoms with Gasteiger partial charge in [0.2, 0.25) is 5.78 Å². The number of halogens is 1. The number of carbonyl (C=O) groups is 2. The fourth-order valence-corrected chi connectivity index (χ4v) is 2.18. The SMILES string of the molecule is Cc1cc(=O)oc(C)c1C(=O)O[C@@H](C)C(=O)c1ccc(F)cc1. The summed E-state index contributed by atoms with van der Waals surface area (Å²) in [5.74, 6) is -1.55. The summed E-state index contributed by atoms with van der Waals surface area (Å²) >= 11 is 0. The van der Waals surface area contributed by atoms with Crippen molar-refractivity contribution in [3.63, 3.8) is 0 Å². The van der Waals surface area contributed by atoms with Gasteiger partial charge < -0.3 is 9.15 Å². The van der Waals surface area contributed by atoms with Crippen LogP contribution in [0, 0.1) is 19.7 Å². The molecule has 1 heterocycles. The van der Waals surface area contributed by atoms with Gasteiger partial charge in [-0.25, -0.2) is 14.0 Å². The molecular formula is C17H15FO5. The number of carbonyl (C=O) groups excluding carboxylic acids is 2. The van der Waals surface area contributed by atoms with E-state index in [1.807, 2.05) is 0 Å². The van der Waals surface area contributed by atoms with E-state index in [9.17, 15) is 18.8 Å². The summed E-state index contributed by atoms with van der Waals surface area (Å²) in [6.45, 7) is 4.47. The molecule has 120 valence electrons. The van der Waals surface area contributed by atoms with E-state index in [4.69, 9.17) is 9.15 Å². The Hall–Kier alpha value is -2.76. The molecular weight excluding hydrogens is 303 g/mol. The molecule has 0 amide bonds. The first-order valence-corrected chi connectivity index (χ1v) is 6.91. The van der Waals surface area contributed by atoms with E-state index in [2.05, 4.69) is 0 Å². The van der Waals surface area contributed by atoms with Crippen molar-refractivity contribution in [3.8, 4) is 0 Å². The van der Waals surface area contributed by atoms with Crippen molar-refractivity contribution < 1.29 is 23.1 Å². The van der Waals surface area contributed by atoms with Crippen LogP contribution in [0.3, 0.4) is 0 Å². The molecule has 23 heavy (non-hydrogen) atoms. The summed E-state index contributed by atoms with van der Waals surface area (Å²) in [7, 11) is 0. The Balaban J connectivity index is 2.18. The largest absolute Gasteiger partial charge is 0.451 e. The second kappa shape index (κ2) is 6.56. The van der Waals surface area contributed by atoms with E-state index in [1.54, 1.807) is 6.92 Å². The highest BCUT2D eigenvalue weighted by molar-refractivity contribution is 6.01. The molecule has 0 bridgehead atoms. The van der Waals surface area contributed by atoms with Crippen LogP contribution in [0.4, 0.5) is 4.39 Å². The summed E-state index contributed by atoms with van der Waals surface area (Å²) in [6, 6.07) is 6.13. The first-order chi connectivity index (χ1) is 10.8. The van der Waals surface area contributed by atoms with Crippen LogP contribution in [0.1, 0.15) is 39.0 Å². The van der Waals surface area contributed by atoms with Crippen LogP contribution < -0.4 is 5.63 Å². The number of benzene rings is 1. The number of hydrogen-bond donors (Lipinski definition) is 0. The Morgan fingerprint density at radius 1 is 1.17 bits per heavy atom. The molecule has 0 aliphatic carbocycles. The van der Waals surface area contributed by atoms with Gasteiger partial charge in [-0.3, -0.25) is 4.79 Å². The minimum atomic E-state index is -1.06. The Kier molecular flexibility index (Phi) is 4.74. The van der Waals surface area contributed by atoms with E-state index in [0.29, 0.717) is 5.56 Å². The van der Waals surface area contributed by atoms with Crippen molar-refractivity contribution in [3.05, 3.63) is 69.0 Å². The summed E-state index contributed by atoms with van der Waals surface area (Å²) in [5, 5.41) is 0. The maximum absolute atomic E-state index is 12.9. The highest BCUT2D eigenvalue weighted by Crippen LogP contribution is 2.15. The lowest BCUT2D eigenvalue weighted by Crippen LogP contribution is -2.25. The van der Waals surface area contributed by atoms with Gasteiger partial charge in [-0.15, -0.1) is 0 Å². The lowest BCUT2D eigenvalue weighted by atomic mass is 10.1. The van der Waals surface area contributed by atoms with Gasteiger partial charge in [0.05, 0.1) is 0 Å². The van der Waals surface area contributed by atoms with Crippen LogP contribution >= 0.6 is 0 Å². The van der Waals surface area contributed by atoms with Crippen molar-refractivity contribution >= 4 is 11.8 Å². The minimum Gasteiger partial charge on any atom is -0.451 e. The Morgan fingerprint density at radius 2 is 1.78 bits per heavy atom. The number of rotatable bonds is 4. The average molecular weight is 318 g/mol. The number of esters is 1. The van der Waals surface area contributed by atoms with Crippen LogP contribution in [-0.2, 0) is 4.74 Å². The Bertz CT molecular complexity index is 778. The molecule has 0 aliphatic heterocycles. The molecule has 1 atom stereocenters. The van der Waals surface area contributed by atoms with E-state index in [-0.39, 0.29) is 16.9 Å². The second-order valence-corrected chi connectivity index (χ2v) is 5.10. The molecule has 1 aromatic heterocycles. The molecule has 0 N–H and O–H groups in total. The number of ketones is 1. The molecule has 1 aromatic carbocycles. The maximum Gasteiger partial charge on any atom is 0.342 e. The lowest BCUT2D eigenvalue weighted by Gasteiger charge is -2.14. The zero-order valence-corrected chi connectivity index (χ0v) is 12.9. The summed E-state index contributed by atoms with van der Waals surface area (Å²) < 4.78 is 22.9. The topological polar surface area (TPSA) is 73.6 Å². The normalized spacial score (nSPS) is 11.8. The van der Waals surface area contributed by atoms with E-state index in [1.165, 1.54) is 32.0 Å². The van der Waals surface area contributed by atoms with Gasteiger partial charge in [0.15, 0.2) is 6.10 Å². The smallest absolute Gasteiger partial charge is 0.342 e. The van der Waals surface area contributed by atoms with Gasteiger partial charge in [0.1, 0.15) is 17.1 Å². The highest BCUT2D eigenvalue weighted by atomic mass is 19.1. The third-order valence-corrected chi connectivity index (χ3v) is 3.32. The van der Waals surface area contributed by atoms with Crippen LogP contribution in [0.25, 0.3) is 0 Å². The molecule has 0 aliphatic rings. The van der Waals surface area contributed by atoms with E-state index in [0.717, 1.165) is 12.1 Å². The first-order valence-electron chi connectivity index (χ1n) is 6.91. The number of aryl methyl sites for hydroxylation is 2. The van der Waals surface area contributed by atoms with Crippen molar-refractivity contribution in [1.29, 1.82) is 0 Å². The number of hydrogen-bond acceptors (Lipinski definition) is 5. The molecule has 0 unspecified atom stereocenters. The first kappa shape index (κ1) is 16.6. The molecule has 0 saturated heterocycles. The van der Waals surface area contributed by atoms with Crippen molar-refractivity contribution in [2.45, 2.75) is 26.9 Å². The molecule has 0 radical (unpaired) electrons. The molecule has 0 spiro atoms. The molecule has 2 rings (SSSR count). The van der Waals surface area contributed by atoms with Crippen LogP contribution in [0.2, 0.25) is 0 Å². The summed E-state index contributed by atoms with van der Waals surface area (Å²) in [6.07, 6.45) is -1.06. The van der Waals surface area contributed by atoms with E-state index >= 15 is 0 Å². The lowest BCUT2D eigenvalue weighted by molar-refractivity contribution is 0.0314. The van der Waals surface area contributed by atoms with Gasteiger partial charge >= 0.3 is 11.6 Å². The summed E-state index contributed by atoms with van der Waals surface area (Å²) in [5.41, 5.74) is 0.195. The predicted octanol–water partition coefficient (Wildman–Crippen LogP) is 2.82.